The fourth-order valence-corrected chi connectivity index (χ4v) is 2.87. The molecule has 1 aliphatic rings. The third-order valence-electron chi connectivity index (χ3n) is 4.11. The first kappa shape index (κ1) is 15.0. The van der Waals surface area contributed by atoms with Crippen LogP contribution >= 0.6 is 0 Å². The van der Waals surface area contributed by atoms with Crippen molar-refractivity contribution in [3.8, 4) is 0 Å². The van der Waals surface area contributed by atoms with Crippen molar-refractivity contribution in [1.29, 1.82) is 0 Å². The van der Waals surface area contributed by atoms with Crippen LogP contribution in [0.4, 0.5) is 0 Å². The molecule has 1 aliphatic heterocycles. The van der Waals surface area contributed by atoms with E-state index in [2.05, 4.69) is 38.3 Å². The van der Waals surface area contributed by atoms with Crippen molar-refractivity contribution >= 4 is 0 Å². The minimum atomic E-state index is 0.399. The van der Waals surface area contributed by atoms with Gasteiger partial charge in [-0.2, -0.15) is 0 Å². The molecule has 1 heterocycles. The highest BCUT2D eigenvalue weighted by Crippen LogP contribution is 2.26. The van der Waals surface area contributed by atoms with Gasteiger partial charge in [-0.15, -0.1) is 0 Å². The molecule has 0 amide bonds. The van der Waals surface area contributed by atoms with Gasteiger partial charge in [-0.25, -0.2) is 0 Å². The molecule has 0 aliphatic carbocycles. The fraction of sp³-hybridized carbons (Fsp3) is 1.00. The van der Waals surface area contributed by atoms with Crippen molar-refractivity contribution in [1.82, 2.24) is 10.6 Å². The molecule has 1 saturated heterocycles. The van der Waals surface area contributed by atoms with Crippen LogP contribution in [0, 0.1) is 5.41 Å². The lowest BCUT2D eigenvalue weighted by Gasteiger charge is -2.41. The molecule has 2 N–H and O–H groups in total. The molecular weight excluding hydrogens is 208 g/mol. The van der Waals surface area contributed by atoms with Crippen LogP contribution < -0.4 is 10.6 Å². The zero-order valence-electron chi connectivity index (χ0n) is 12.3. The lowest BCUT2D eigenvalue weighted by atomic mass is 9.79. The minimum absolute atomic E-state index is 0.399. The Morgan fingerprint density at radius 3 is 2.59 bits per heavy atom. The van der Waals surface area contributed by atoms with E-state index in [-0.39, 0.29) is 0 Å². The van der Waals surface area contributed by atoms with Crippen molar-refractivity contribution in [2.45, 2.75) is 78.3 Å². The SMILES string of the molecule is CCCCC(CCC)NC1CCNCC1(C)C. The van der Waals surface area contributed by atoms with Gasteiger partial charge in [0.1, 0.15) is 0 Å². The summed E-state index contributed by atoms with van der Waals surface area (Å²) >= 11 is 0. The summed E-state index contributed by atoms with van der Waals surface area (Å²) in [6.45, 7) is 11.7. The largest absolute Gasteiger partial charge is 0.316 e. The maximum absolute atomic E-state index is 3.94. The van der Waals surface area contributed by atoms with Crippen molar-refractivity contribution < 1.29 is 0 Å². The van der Waals surface area contributed by atoms with Crippen LogP contribution in [0.3, 0.4) is 0 Å². The molecule has 0 bridgehead atoms. The molecule has 102 valence electrons. The number of unbranched alkanes of at least 4 members (excludes halogenated alkanes) is 1. The summed E-state index contributed by atoms with van der Waals surface area (Å²) in [6.07, 6.45) is 7.94. The van der Waals surface area contributed by atoms with E-state index in [4.69, 9.17) is 0 Å². The van der Waals surface area contributed by atoms with Gasteiger partial charge in [-0.1, -0.05) is 47.0 Å². The van der Waals surface area contributed by atoms with E-state index >= 15 is 0 Å². The van der Waals surface area contributed by atoms with E-state index in [1.165, 1.54) is 45.1 Å². The third-order valence-corrected chi connectivity index (χ3v) is 4.11. The van der Waals surface area contributed by atoms with Crippen LogP contribution in [0.1, 0.15) is 66.2 Å². The molecule has 17 heavy (non-hydrogen) atoms. The summed E-state index contributed by atoms with van der Waals surface area (Å²) in [4.78, 5) is 0. The molecule has 1 fully saturated rings. The lowest BCUT2D eigenvalue weighted by molar-refractivity contribution is 0.166. The number of piperidine rings is 1. The van der Waals surface area contributed by atoms with Crippen molar-refractivity contribution in [3.63, 3.8) is 0 Å². The van der Waals surface area contributed by atoms with Crippen LogP contribution in [-0.2, 0) is 0 Å². The highest BCUT2D eigenvalue weighted by Gasteiger charge is 2.32. The topological polar surface area (TPSA) is 24.1 Å². The van der Waals surface area contributed by atoms with E-state index in [1.54, 1.807) is 0 Å². The molecule has 0 aromatic rings. The molecule has 0 spiro atoms. The van der Waals surface area contributed by atoms with Crippen molar-refractivity contribution in [2.24, 2.45) is 5.41 Å². The minimum Gasteiger partial charge on any atom is -0.316 e. The summed E-state index contributed by atoms with van der Waals surface area (Å²) < 4.78 is 0. The number of hydrogen-bond donors (Lipinski definition) is 2. The van der Waals surface area contributed by atoms with Crippen LogP contribution in [-0.4, -0.2) is 25.2 Å². The molecule has 2 nitrogen and oxygen atoms in total. The monoisotopic (exact) mass is 240 g/mol. The summed E-state index contributed by atoms with van der Waals surface area (Å²) in [6, 6.07) is 1.43. The Bertz CT molecular complexity index is 201. The second kappa shape index (κ2) is 7.38. The summed E-state index contributed by atoms with van der Waals surface area (Å²) in [5.74, 6) is 0. The van der Waals surface area contributed by atoms with E-state index in [9.17, 15) is 0 Å². The van der Waals surface area contributed by atoms with Crippen LogP contribution in [0.5, 0.6) is 0 Å². The number of rotatable bonds is 7. The zero-order valence-corrected chi connectivity index (χ0v) is 12.3. The Labute approximate surface area is 108 Å². The molecule has 2 unspecified atom stereocenters. The molecule has 0 radical (unpaired) electrons. The second-order valence-electron chi connectivity index (χ2n) is 6.30. The van der Waals surface area contributed by atoms with E-state index in [0.717, 1.165) is 12.6 Å². The number of nitrogens with one attached hydrogen (secondary N) is 2. The van der Waals surface area contributed by atoms with Gasteiger partial charge in [0.25, 0.3) is 0 Å². The predicted molar refractivity (Wildman–Crippen MR) is 76.4 cm³/mol. The van der Waals surface area contributed by atoms with Crippen molar-refractivity contribution in [3.05, 3.63) is 0 Å². The van der Waals surface area contributed by atoms with E-state index in [0.29, 0.717) is 11.5 Å². The Morgan fingerprint density at radius 2 is 2.00 bits per heavy atom. The van der Waals surface area contributed by atoms with Gasteiger partial charge < -0.3 is 10.6 Å². The van der Waals surface area contributed by atoms with Gasteiger partial charge in [0.15, 0.2) is 0 Å². The maximum atomic E-state index is 3.94. The lowest BCUT2D eigenvalue weighted by Crippen LogP contribution is -2.55. The standard InChI is InChI=1S/C15H32N2/c1-5-7-9-13(8-6-2)17-14-10-11-16-12-15(14,3)4/h13-14,16-17H,5-12H2,1-4H3. The quantitative estimate of drug-likeness (QED) is 0.713. The van der Waals surface area contributed by atoms with E-state index in [1.807, 2.05) is 0 Å². The third kappa shape index (κ3) is 4.97. The first-order chi connectivity index (χ1) is 8.10. The molecular formula is C15H32N2. The highest BCUT2D eigenvalue weighted by molar-refractivity contribution is 4.91. The summed E-state index contributed by atoms with van der Waals surface area (Å²) in [5, 5.41) is 7.46. The Morgan fingerprint density at radius 1 is 1.24 bits per heavy atom. The molecule has 0 aromatic carbocycles. The first-order valence-corrected chi connectivity index (χ1v) is 7.57. The van der Waals surface area contributed by atoms with Crippen LogP contribution in [0.15, 0.2) is 0 Å². The van der Waals surface area contributed by atoms with Gasteiger partial charge in [-0.3, -0.25) is 0 Å². The zero-order chi connectivity index (χ0) is 12.7. The normalized spacial score (nSPS) is 25.8. The molecule has 1 rings (SSSR count). The molecule has 0 saturated carbocycles. The maximum Gasteiger partial charge on any atom is 0.0145 e. The Balaban J connectivity index is 2.46. The van der Waals surface area contributed by atoms with Gasteiger partial charge in [0, 0.05) is 18.6 Å². The smallest absolute Gasteiger partial charge is 0.0145 e. The van der Waals surface area contributed by atoms with Gasteiger partial charge in [0.2, 0.25) is 0 Å². The molecule has 2 atom stereocenters. The van der Waals surface area contributed by atoms with Gasteiger partial charge >= 0.3 is 0 Å². The average molecular weight is 240 g/mol. The Kier molecular flexibility index (Phi) is 6.50. The number of hydrogen-bond acceptors (Lipinski definition) is 2. The highest BCUT2D eigenvalue weighted by atomic mass is 15.0. The van der Waals surface area contributed by atoms with E-state index < -0.39 is 0 Å². The molecule has 2 heteroatoms. The second-order valence-corrected chi connectivity index (χ2v) is 6.30. The Hall–Kier alpha value is -0.0800. The summed E-state index contributed by atoms with van der Waals surface area (Å²) in [7, 11) is 0. The predicted octanol–water partition coefficient (Wildman–Crippen LogP) is 3.32. The summed E-state index contributed by atoms with van der Waals surface area (Å²) in [5.41, 5.74) is 0.399. The van der Waals surface area contributed by atoms with Crippen LogP contribution in [0.25, 0.3) is 0 Å². The van der Waals surface area contributed by atoms with Gasteiger partial charge in [-0.05, 0) is 31.2 Å². The average Bonchev–Trinajstić information content (AvgIpc) is 2.28. The van der Waals surface area contributed by atoms with Crippen LogP contribution in [0.2, 0.25) is 0 Å². The van der Waals surface area contributed by atoms with Gasteiger partial charge in [0.05, 0.1) is 0 Å². The molecule has 0 aromatic heterocycles. The fourth-order valence-electron chi connectivity index (χ4n) is 2.87. The van der Waals surface area contributed by atoms with Crippen molar-refractivity contribution in [2.75, 3.05) is 13.1 Å². The first-order valence-electron chi connectivity index (χ1n) is 7.57.